The van der Waals surface area contributed by atoms with Gasteiger partial charge in [0.05, 0.1) is 0 Å². The third-order valence-corrected chi connectivity index (χ3v) is 4.85. The molecular weight excluding hydrogens is 511 g/mol. The Hall–Kier alpha value is -3.49. The molecular formula is C23H39FN4O10. The van der Waals surface area contributed by atoms with E-state index in [0.717, 1.165) is 13.8 Å². The Labute approximate surface area is 220 Å². The van der Waals surface area contributed by atoms with Gasteiger partial charge in [0, 0.05) is 6.54 Å². The first kappa shape index (κ1) is 34.5. The number of hydrogen-bond donors (Lipinski definition) is 5. The van der Waals surface area contributed by atoms with Crippen molar-refractivity contribution in [1.82, 2.24) is 15.5 Å². The van der Waals surface area contributed by atoms with Gasteiger partial charge in [0.15, 0.2) is 0 Å². The predicted octanol–water partition coefficient (Wildman–Crippen LogP) is 1.15. The van der Waals surface area contributed by atoms with Gasteiger partial charge in [-0.3, -0.25) is 9.59 Å². The highest BCUT2D eigenvalue weighted by Gasteiger charge is 2.41. The van der Waals surface area contributed by atoms with E-state index in [9.17, 15) is 38.3 Å². The number of halogens is 1. The van der Waals surface area contributed by atoms with E-state index >= 15 is 0 Å². The molecule has 0 spiro atoms. The molecule has 4 atom stereocenters. The van der Waals surface area contributed by atoms with Crippen molar-refractivity contribution in [2.24, 2.45) is 5.73 Å². The first-order valence-electron chi connectivity index (χ1n) is 11.8. The number of nitrogens with two attached hydrogens (primary N) is 1. The molecule has 0 saturated heterocycles. The number of hydrogen-bond acceptors (Lipinski definition) is 9. The Morgan fingerprint density at radius 1 is 0.921 bits per heavy atom. The van der Waals surface area contributed by atoms with E-state index in [4.69, 9.17) is 20.3 Å². The fraction of sp³-hybridized carbons (Fsp3) is 0.739. The van der Waals surface area contributed by atoms with Crippen LogP contribution in [0.4, 0.5) is 14.0 Å². The van der Waals surface area contributed by atoms with Crippen LogP contribution < -0.4 is 16.4 Å². The lowest BCUT2D eigenvalue weighted by atomic mass is 9.96. The van der Waals surface area contributed by atoms with E-state index in [2.05, 4.69) is 10.6 Å². The zero-order valence-electron chi connectivity index (χ0n) is 22.9. The van der Waals surface area contributed by atoms with Gasteiger partial charge in [-0.05, 0) is 68.2 Å². The number of alkyl halides is 1. The minimum Gasteiger partial charge on any atom is -0.480 e. The van der Waals surface area contributed by atoms with E-state index < -0.39 is 90.3 Å². The number of carbonyl (C=O) groups excluding carboxylic acids is 4. The Morgan fingerprint density at radius 2 is 1.42 bits per heavy atom. The second-order valence-corrected chi connectivity index (χ2v) is 10.6. The van der Waals surface area contributed by atoms with Crippen molar-refractivity contribution in [1.29, 1.82) is 0 Å². The van der Waals surface area contributed by atoms with Crippen molar-refractivity contribution in [3.63, 3.8) is 0 Å². The van der Waals surface area contributed by atoms with Crippen LogP contribution in [0.2, 0.25) is 0 Å². The van der Waals surface area contributed by atoms with Gasteiger partial charge >= 0.3 is 24.1 Å². The van der Waals surface area contributed by atoms with Crippen LogP contribution in [0.15, 0.2) is 0 Å². The van der Waals surface area contributed by atoms with Crippen molar-refractivity contribution in [2.45, 2.75) is 103 Å². The maximum atomic E-state index is 14.6. The highest BCUT2D eigenvalue weighted by molar-refractivity contribution is 6.00. The Bertz CT molecular complexity index is 915. The van der Waals surface area contributed by atoms with Crippen LogP contribution in [0.1, 0.15) is 68.2 Å². The van der Waals surface area contributed by atoms with Crippen LogP contribution in [0.3, 0.4) is 0 Å². The molecule has 6 N–H and O–H groups in total. The second-order valence-electron chi connectivity index (χ2n) is 10.6. The summed E-state index contributed by atoms with van der Waals surface area (Å²) in [4.78, 5) is 73.9. The molecule has 0 aliphatic rings. The van der Waals surface area contributed by atoms with Crippen LogP contribution in [0.25, 0.3) is 0 Å². The van der Waals surface area contributed by atoms with E-state index in [1.54, 1.807) is 20.8 Å². The molecule has 4 amide bonds. The number of rotatable bonds is 11. The lowest BCUT2D eigenvalue weighted by Crippen LogP contribution is -2.58. The number of nitrogens with one attached hydrogen (secondary N) is 2. The van der Waals surface area contributed by atoms with Crippen LogP contribution >= 0.6 is 0 Å². The van der Waals surface area contributed by atoms with Gasteiger partial charge in [-0.15, -0.1) is 0 Å². The topological polar surface area (TPSA) is 215 Å². The minimum atomic E-state index is -2.90. The number of amides is 4. The molecule has 0 radical (unpaired) electrons. The molecule has 14 nitrogen and oxygen atoms in total. The SMILES string of the molecule is C[C@H](NC(=O)[C@H](CCC(F)(CN)C(=O)O)NC(=O)OC(C)(C)C)C(=O)N(C(=O)OC(C)(C)C)[C@@H](C)C(=O)O. The van der Waals surface area contributed by atoms with Crippen molar-refractivity contribution in [2.75, 3.05) is 6.54 Å². The van der Waals surface area contributed by atoms with Crippen LogP contribution in [0.5, 0.6) is 0 Å². The lowest BCUT2D eigenvalue weighted by Gasteiger charge is -2.31. The summed E-state index contributed by atoms with van der Waals surface area (Å²) in [6.07, 6.45) is -3.70. The summed E-state index contributed by atoms with van der Waals surface area (Å²) in [6, 6.07) is -4.78. The molecule has 0 aliphatic heterocycles. The molecule has 0 rings (SSSR count). The second kappa shape index (κ2) is 13.3. The number of nitrogens with zero attached hydrogens (tertiary/aromatic N) is 1. The van der Waals surface area contributed by atoms with Crippen LogP contribution in [0, 0.1) is 0 Å². The number of aliphatic carboxylic acids is 2. The van der Waals surface area contributed by atoms with Gasteiger partial charge in [0.25, 0.3) is 5.91 Å². The maximum Gasteiger partial charge on any atom is 0.417 e. The number of imide groups is 1. The van der Waals surface area contributed by atoms with Crippen molar-refractivity contribution in [3.05, 3.63) is 0 Å². The van der Waals surface area contributed by atoms with E-state index in [0.29, 0.717) is 4.90 Å². The largest absolute Gasteiger partial charge is 0.480 e. The van der Waals surface area contributed by atoms with E-state index in [1.165, 1.54) is 20.8 Å². The number of carbonyl (C=O) groups is 6. The number of alkyl carbamates (subject to hydrolysis) is 1. The first-order valence-corrected chi connectivity index (χ1v) is 11.8. The van der Waals surface area contributed by atoms with Gasteiger partial charge in [-0.2, -0.15) is 0 Å². The monoisotopic (exact) mass is 550 g/mol. The standard InChI is InChI=1S/C23H39FN4O10/c1-12(16(30)28(13(2)17(31)32)20(36)38-22(6,7)8)26-15(29)14(27-19(35)37-21(3,4)5)9-10-23(24,11-25)18(33)34/h12-14H,9-11,25H2,1-8H3,(H,26,29)(H,27,35)(H,31,32)(H,33,34)/t12-,13-,14-,23?/m0/s1. The van der Waals surface area contributed by atoms with Gasteiger partial charge in [-0.1, -0.05) is 0 Å². The zero-order valence-corrected chi connectivity index (χ0v) is 22.9. The third-order valence-electron chi connectivity index (χ3n) is 4.85. The highest BCUT2D eigenvalue weighted by atomic mass is 19.1. The summed E-state index contributed by atoms with van der Waals surface area (Å²) >= 11 is 0. The summed E-state index contributed by atoms with van der Waals surface area (Å²) < 4.78 is 24.8. The third kappa shape index (κ3) is 11.3. The molecule has 0 saturated carbocycles. The maximum absolute atomic E-state index is 14.6. The molecule has 0 heterocycles. The Balaban J connectivity index is 5.93. The summed E-state index contributed by atoms with van der Waals surface area (Å²) in [5.41, 5.74) is 0.271. The average Bonchev–Trinajstić information content (AvgIpc) is 2.73. The van der Waals surface area contributed by atoms with Crippen LogP contribution in [-0.2, 0) is 28.7 Å². The molecule has 38 heavy (non-hydrogen) atoms. The number of carboxylic acid groups (broad SMARTS) is 2. The quantitative estimate of drug-likeness (QED) is 0.246. The molecule has 0 aliphatic carbocycles. The first-order chi connectivity index (χ1) is 17.0. The van der Waals surface area contributed by atoms with Crippen molar-refractivity contribution < 1.29 is 52.8 Å². The molecule has 0 aromatic carbocycles. The number of ether oxygens (including phenoxy) is 2. The number of carboxylic acids is 2. The molecule has 218 valence electrons. The molecule has 0 fully saturated rings. The van der Waals surface area contributed by atoms with Crippen LogP contribution in [-0.4, -0.2) is 92.6 Å². The molecule has 0 bridgehead atoms. The highest BCUT2D eigenvalue weighted by Crippen LogP contribution is 2.20. The summed E-state index contributed by atoms with van der Waals surface area (Å²) in [5, 5.41) is 22.9. The van der Waals surface area contributed by atoms with Gasteiger partial charge in [0.1, 0.15) is 29.3 Å². The predicted molar refractivity (Wildman–Crippen MR) is 131 cm³/mol. The Morgan fingerprint density at radius 3 is 1.82 bits per heavy atom. The fourth-order valence-corrected chi connectivity index (χ4v) is 2.83. The smallest absolute Gasteiger partial charge is 0.417 e. The van der Waals surface area contributed by atoms with Gasteiger partial charge in [0.2, 0.25) is 11.6 Å². The van der Waals surface area contributed by atoms with Gasteiger partial charge in [-0.25, -0.2) is 28.5 Å². The van der Waals surface area contributed by atoms with Crippen molar-refractivity contribution >= 4 is 35.9 Å². The molecule has 15 heteroatoms. The Kier molecular flexibility index (Phi) is 12.1. The van der Waals surface area contributed by atoms with Gasteiger partial charge < -0.3 is 36.1 Å². The molecule has 1 unspecified atom stereocenters. The van der Waals surface area contributed by atoms with E-state index in [1.807, 2.05) is 0 Å². The summed E-state index contributed by atoms with van der Waals surface area (Å²) in [6.45, 7) is 10.4. The zero-order chi connectivity index (χ0) is 30.2. The summed E-state index contributed by atoms with van der Waals surface area (Å²) in [5.74, 6) is -5.60. The fourth-order valence-electron chi connectivity index (χ4n) is 2.83. The van der Waals surface area contributed by atoms with E-state index in [-0.39, 0.29) is 0 Å². The normalized spacial score (nSPS) is 15.6. The minimum absolute atomic E-state index is 0.320. The molecule has 0 aromatic heterocycles. The lowest BCUT2D eigenvalue weighted by molar-refractivity contribution is -0.151. The summed E-state index contributed by atoms with van der Waals surface area (Å²) in [7, 11) is 0. The average molecular weight is 551 g/mol. The molecule has 0 aromatic rings. The van der Waals surface area contributed by atoms with Crippen molar-refractivity contribution in [3.8, 4) is 0 Å².